The minimum atomic E-state index is -0.274. The molecule has 0 aromatic heterocycles. The van der Waals surface area contributed by atoms with Gasteiger partial charge in [0.25, 0.3) is 0 Å². The summed E-state index contributed by atoms with van der Waals surface area (Å²) in [7, 11) is 0. The Hall–Kier alpha value is -1.56. The number of nitrogens with zero attached hydrogens (tertiary/aromatic N) is 1. The molecule has 0 saturated carbocycles. The predicted octanol–water partition coefficient (Wildman–Crippen LogP) is 2.68. The largest absolute Gasteiger partial charge is 0.352 e. The lowest BCUT2D eigenvalue weighted by molar-refractivity contribution is -0.135. The maximum Gasteiger partial charge on any atom is 0.239 e. The summed E-state index contributed by atoms with van der Waals surface area (Å²) in [5.41, 5.74) is 0. The van der Waals surface area contributed by atoms with Crippen molar-refractivity contribution >= 4 is 23.6 Å². The van der Waals surface area contributed by atoms with Crippen LogP contribution in [0.25, 0.3) is 0 Å². The fourth-order valence-electron chi connectivity index (χ4n) is 1.89. The minimum absolute atomic E-state index is 0.0536. The standard InChI is InChI=1S/C16H23FN2O2S/c1-4-19(11-15(20)18-12(2)3)16(21)9-10-22-14-8-6-5-7-13(14)17/h5-8,12H,4,9-11H2,1-3H3,(H,18,20). The number of hydrogen-bond acceptors (Lipinski definition) is 3. The van der Waals surface area contributed by atoms with Crippen LogP contribution >= 0.6 is 11.8 Å². The molecule has 122 valence electrons. The molecule has 0 aliphatic rings. The number of rotatable bonds is 8. The first-order valence-electron chi connectivity index (χ1n) is 7.38. The van der Waals surface area contributed by atoms with Crippen LogP contribution in [-0.2, 0) is 9.59 Å². The van der Waals surface area contributed by atoms with E-state index in [2.05, 4.69) is 5.32 Å². The van der Waals surface area contributed by atoms with Crippen LogP contribution in [0.1, 0.15) is 27.2 Å². The van der Waals surface area contributed by atoms with Crippen LogP contribution < -0.4 is 5.32 Å². The maximum absolute atomic E-state index is 13.5. The van der Waals surface area contributed by atoms with Gasteiger partial charge in [0, 0.05) is 29.7 Å². The van der Waals surface area contributed by atoms with Gasteiger partial charge in [0.2, 0.25) is 11.8 Å². The number of carbonyl (C=O) groups excluding carboxylic acids is 2. The van der Waals surface area contributed by atoms with Crippen molar-refractivity contribution in [2.45, 2.75) is 38.1 Å². The van der Waals surface area contributed by atoms with E-state index in [1.165, 1.54) is 22.7 Å². The third-order valence-corrected chi connectivity index (χ3v) is 3.98. The van der Waals surface area contributed by atoms with Gasteiger partial charge in [0.05, 0.1) is 6.54 Å². The van der Waals surface area contributed by atoms with Gasteiger partial charge < -0.3 is 10.2 Å². The molecule has 4 nitrogen and oxygen atoms in total. The van der Waals surface area contributed by atoms with E-state index in [0.29, 0.717) is 17.2 Å². The highest BCUT2D eigenvalue weighted by Gasteiger charge is 2.16. The van der Waals surface area contributed by atoms with Crippen LogP contribution in [0.4, 0.5) is 4.39 Å². The molecule has 2 amide bonds. The average molecular weight is 326 g/mol. The van der Waals surface area contributed by atoms with E-state index in [0.717, 1.165) is 0 Å². The summed E-state index contributed by atoms with van der Waals surface area (Å²) < 4.78 is 13.5. The highest BCUT2D eigenvalue weighted by atomic mass is 32.2. The molecule has 0 spiro atoms. The van der Waals surface area contributed by atoms with E-state index in [1.807, 2.05) is 20.8 Å². The highest BCUT2D eigenvalue weighted by molar-refractivity contribution is 7.99. The number of halogens is 1. The Balaban J connectivity index is 2.42. The van der Waals surface area contributed by atoms with Gasteiger partial charge in [-0.15, -0.1) is 11.8 Å². The Labute approximate surface area is 135 Å². The van der Waals surface area contributed by atoms with Crippen molar-refractivity contribution in [1.29, 1.82) is 0 Å². The van der Waals surface area contributed by atoms with Gasteiger partial charge in [-0.1, -0.05) is 12.1 Å². The summed E-state index contributed by atoms with van der Waals surface area (Å²) in [5, 5.41) is 2.76. The van der Waals surface area contributed by atoms with Crippen LogP contribution in [0.2, 0.25) is 0 Å². The van der Waals surface area contributed by atoms with Gasteiger partial charge in [0.1, 0.15) is 5.82 Å². The molecule has 0 aliphatic carbocycles. The second-order valence-electron chi connectivity index (χ2n) is 5.16. The van der Waals surface area contributed by atoms with Crippen LogP contribution in [0.15, 0.2) is 29.2 Å². The summed E-state index contributed by atoms with van der Waals surface area (Å²) >= 11 is 1.31. The van der Waals surface area contributed by atoms with Crippen molar-refractivity contribution < 1.29 is 14.0 Å². The first-order chi connectivity index (χ1) is 10.4. The van der Waals surface area contributed by atoms with Crippen molar-refractivity contribution in [1.82, 2.24) is 10.2 Å². The minimum Gasteiger partial charge on any atom is -0.352 e. The Morgan fingerprint density at radius 2 is 2.00 bits per heavy atom. The second kappa shape index (κ2) is 9.46. The Bertz CT molecular complexity index is 509. The molecule has 1 aromatic carbocycles. The summed E-state index contributed by atoms with van der Waals surface area (Å²) in [4.78, 5) is 25.9. The molecule has 0 aliphatic heterocycles. The van der Waals surface area contributed by atoms with Crippen molar-refractivity contribution in [3.8, 4) is 0 Å². The predicted molar refractivity (Wildman–Crippen MR) is 87.3 cm³/mol. The van der Waals surface area contributed by atoms with Gasteiger partial charge in [-0.2, -0.15) is 0 Å². The zero-order valence-corrected chi connectivity index (χ0v) is 14.1. The topological polar surface area (TPSA) is 49.4 Å². The summed E-state index contributed by atoms with van der Waals surface area (Å²) in [6, 6.07) is 6.55. The van der Waals surface area contributed by atoms with Crippen LogP contribution in [0.5, 0.6) is 0 Å². The van der Waals surface area contributed by atoms with Gasteiger partial charge in [-0.3, -0.25) is 9.59 Å². The Kier molecular flexibility index (Phi) is 7.95. The van der Waals surface area contributed by atoms with Crippen molar-refractivity contribution in [2.75, 3.05) is 18.8 Å². The molecule has 0 unspecified atom stereocenters. The van der Waals surface area contributed by atoms with Gasteiger partial charge in [0.15, 0.2) is 0 Å². The number of benzene rings is 1. The Morgan fingerprint density at radius 1 is 1.32 bits per heavy atom. The highest BCUT2D eigenvalue weighted by Crippen LogP contribution is 2.21. The number of amides is 2. The average Bonchev–Trinajstić information content (AvgIpc) is 2.45. The first kappa shape index (κ1) is 18.5. The molecule has 0 fully saturated rings. The zero-order valence-electron chi connectivity index (χ0n) is 13.3. The lowest BCUT2D eigenvalue weighted by atomic mass is 10.3. The van der Waals surface area contributed by atoms with E-state index in [1.54, 1.807) is 18.2 Å². The Morgan fingerprint density at radius 3 is 2.59 bits per heavy atom. The van der Waals surface area contributed by atoms with Crippen molar-refractivity contribution in [2.24, 2.45) is 0 Å². The summed E-state index contributed by atoms with van der Waals surface area (Å²) in [6.07, 6.45) is 0.280. The van der Waals surface area contributed by atoms with Gasteiger partial charge in [-0.25, -0.2) is 4.39 Å². The normalized spacial score (nSPS) is 10.6. The summed E-state index contributed by atoms with van der Waals surface area (Å²) in [6.45, 7) is 6.14. The second-order valence-corrected chi connectivity index (χ2v) is 6.30. The number of carbonyl (C=O) groups is 2. The van der Waals surface area contributed by atoms with Crippen LogP contribution in [-0.4, -0.2) is 41.6 Å². The third-order valence-electron chi connectivity index (χ3n) is 2.93. The van der Waals surface area contributed by atoms with E-state index >= 15 is 0 Å². The first-order valence-corrected chi connectivity index (χ1v) is 8.37. The lowest BCUT2D eigenvalue weighted by Gasteiger charge is -2.21. The molecule has 0 atom stereocenters. The molecule has 0 saturated heterocycles. The molecule has 1 rings (SSSR count). The number of hydrogen-bond donors (Lipinski definition) is 1. The molecule has 1 N–H and O–H groups in total. The van der Waals surface area contributed by atoms with Crippen LogP contribution in [0, 0.1) is 5.82 Å². The van der Waals surface area contributed by atoms with Crippen LogP contribution in [0.3, 0.4) is 0 Å². The lowest BCUT2D eigenvalue weighted by Crippen LogP contribution is -2.42. The molecular formula is C16H23FN2O2S. The molecule has 0 bridgehead atoms. The fraction of sp³-hybridized carbons (Fsp3) is 0.500. The maximum atomic E-state index is 13.5. The number of likely N-dealkylation sites (N-methyl/N-ethyl adjacent to an activating group) is 1. The quantitative estimate of drug-likeness (QED) is 0.747. The number of thioether (sulfide) groups is 1. The molecule has 1 aromatic rings. The van der Waals surface area contributed by atoms with E-state index in [9.17, 15) is 14.0 Å². The third kappa shape index (κ3) is 6.47. The molecular weight excluding hydrogens is 303 g/mol. The number of nitrogens with one attached hydrogen (secondary N) is 1. The molecule has 22 heavy (non-hydrogen) atoms. The molecule has 0 heterocycles. The smallest absolute Gasteiger partial charge is 0.239 e. The molecule has 6 heteroatoms. The van der Waals surface area contributed by atoms with Gasteiger partial charge in [-0.05, 0) is 32.9 Å². The fourth-order valence-corrected chi connectivity index (χ4v) is 2.76. The van der Waals surface area contributed by atoms with E-state index < -0.39 is 0 Å². The summed E-state index contributed by atoms with van der Waals surface area (Å²) in [5.74, 6) is -0.0389. The zero-order chi connectivity index (χ0) is 16.5. The SMILES string of the molecule is CCN(CC(=O)NC(C)C)C(=O)CCSc1ccccc1F. The molecule has 0 radical (unpaired) electrons. The van der Waals surface area contributed by atoms with Crippen molar-refractivity contribution in [3.05, 3.63) is 30.1 Å². The van der Waals surface area contributed by atoms with E-state index in [4.69, 9.17) is 0 Å². The van der Waals surface area contributed by atoms with Crippen molar-refractivity contribution in [3.63, 3.8) is 0 Å². The van der Waals surface area contributed by atoms with Gasteiger partial charge >= 0.3 is 0 Å². The van der Waals surface area contributed by atoms with E-state index in [-0.39, 0.29) is 36.6 Å². The monoisotopic (exact) mass is 326 g/mol.